The highest BCUT2D eigenvalue weighted by Crippen LogP contribution is 2.36. The fourth-order valence-electron chi connectivity index (χ4n) is 3.49. The average molecular weight is 434 g/mol. The van der Waals surface area contributed by atoms with Gasteiger partial charge in [0, 0.05) is 18.2 Å². The van der Waals surface area contributed by atoms with Gasteiger partial charge in [0.05, 0.1) is 28.8 Å². The molecule has 0 saturated heterocycles. The van der Waals surface area contributed by atoms with Crippen molar-refractivity contribution < 1.29 is 14.5 Å². The molecule has 0 aliphatic rings. The Balaban J connectivity index is 2.08. The number of nitro benzene ring substituents is 1. The van der Waals surface area contributed by atoms with Crippen LogP contribution in [0.25, 0.3) is 27.9 Å². The Morgan fingerprint density at radius 2 is 1.94 bits per heavy atom. The van der Waals surface area contributed by atoms with Crippen LogP contribution in [0, 0.1) is 10.1 Å². The van der Waals surface area contributed by atoms with Gasteiger partial charge in [0.15, 0.2) is 5.65 Å². The van der Waals surface area contributed by atoms with Gasteiger partial charge >= 0.3 is 0 Å². The molecular formula is C22H22N6O4. The van der Waals surface area contributed by atoms with Crippen molar-refractivity contribution in [2.75, 3.05) is 12.8 Å². The molecule has 3 N–H and O–H groups in total. The second kappa shape index (κ2) is 8.14. The van der Waals surface area contributed by atoms with E-state index in [2.05, 4.69) is 15.3 Å². The summed E-state index contributed by atoms with van der Waals surface area (Å²) in [5, 5.41) is 14.3. The van der Waals surface area contributed by atoms with E-state index in [-0.39, 0.29) is 28.8 Å². The minimum absolute atomic E-state index is 0.0647. The first-order chi connectivity index (χ1) is 15.3. The quantitative estimate of drug-likeness (QED) is 0.349. The normalized spacial score (nSPS) is 12.1. The number of nitrogens with two attached hydrogens (primary N) is 1. The molecule has 1 atom stereocenters. The molecule has 0 aliphatic heterocycles. The van der Waals surface area contributed by atoms with E-state index in [1.54, 1.807) is 12.1 Å². The number of carbonyl (C=O) groups is 1. The topological polar surface area (TPSA) is 138 Å². The van der Waals surface area contributed by atoms with Crippen LogP contribution in [0.2, 0.25) is 0 Å². The Labute approximate surface area is 183 Å². The van der Waals surface area contributed by atoms with E-state index in [4.69, 9.17) is 10.5 Å². The van der Waals surface area contributed by atoms with Gasteiger partial charge in [0.2, 0.25) is 0 Å². The van der Waals surface area contributed by atoms with E-state index in [0.717, 1.165) is 6.42 Å². The maximum atomic E-state index is 13.1. The smallest absolute Gasteiger partial charge is 0.271 e. The number of para-hydroxylation sites is 2. The van der Waals surface area contributed by atoms with E-state index in [9.17, 15) is 14.9 Å². The van der Waals surface area contributed by atoms with Crippen molar-refractivity contribution in [1.29, 1.82) is 0 Å². The highest BCUT2D eigenvalue weighted by atomic mass is 16.6. The SMILES string of the molecule is CC[C@@H](C)NC(=O)c1c(N)n(-c2cc([N+](=O)[O-])ccc2OC)c2nc3ccccc3nc12. The molecule has 2 aromatic carbocycles. The Morgan fingerprint density at radius 1 is 1.25 bits per heavy atom. The van der Waals surface area contributed by atoms with Gasteiger partial charge in [0.25, 0.3) is 11.6 Å². The maximum absolute atomic E-state index is 13.1. The molecule has 4 aromatic rings. The number of anilines is 1. The molecule has 0 saturated carbocycles. The van der Waals surface area contributed by atoms with E-state index >= 15 is 0 Å². The van der Waals surface area contributed by atoms with Gasteiger partial charge in [-0.3, -0.25) is 19.5 Å². The highest BCUT2D eigenvalue weighted by Gasteiger charge is 2.27. The number of nitro groups is 1. The van der Waals surface area contributed by atoms with Crippen molar-refractivity contribution in [2.24, 2.45) is 0 Å². The summed E-state index contributed by atoms with van der Waals surface area (Å²) in [5.41, 5.74) is 8.57. The number of hydrogen-bond donors (Lipinski definition) is 2. The predicted molar refractivity (Wildman–Crippen MR) is 121 cm³/mol. The van der Waals surface area contributed by atoms with E-state index in [0.29, 0.717) is 27.9 Å². The number of non-ortho nitro benzene ring substituents is 1. The van der Waals surface area contributed by atoms with Crippen molar-refractivity contribution in [3.8, 4) is 11.4 Å². The largest absolute Gasteiger partial charge is 0.495 e. The van der Waals surface area contributed by atoms with Gasteiger partial charge in [-0.15, -0.1) is 0 Å². The second-order valence-corrected chi connectivity index (χ2v) is 7.38. The molecule has 4 rings (SSSR count). The molecule has 164 valence electrons. The number of nitrogen functional groups attached to an aromatic ring is 1. The summed E-state index contributed by atoms with van der Waals surface area (Å²) in [7, 11) is 1.45. The third-order valence-corrected chi connectivity index (χ3v) is 5.33. The number of hydrogen-bond acceptors (Lipinski definition) is 7. The summed E-state index contributed by atoms with van der Waals surface area (Å²) in [6.07, 6.45) is 0.734. The first kappa shape index (κ1) is 21.0. The van der Waals surface area contributed by atoms with E-state index < -0.39 is 10.8 Å². The van der Waals surface area contributed by atoms with Crippen molar-refractivity contribution in [2.45, 2.75) is 26.3 Å². The lowest BCUT2D eigenvalue weighted by Crippen LogP contribution is -2.32. The lowest BCUT2D eigenvalue weighted by Gasteiger charge is -2.13. The molecular weight excluding hydrogens is 412 g/mol. The van der Waals surface area contributed by atoms with Crippen LogP contribution in [0.3, 0.4) is 0 Å². The van der Waals surface area contributed by atoms with Gasteiger partial charge in [-0.1, -0.05) is 19.1 Å². The molecule has 10 heteroatoms. The minimum atomic E-state index is -0.511. The summed E-state index contributed by atoms with van der Waals surface area (Å²) in [6.45, 7) is 3.84. The zero-order chi connectivity index (χ0) is 23.0. The van der Waals surface area contributed by atoms with Gasteiger partial charge in [-0.25, -0.2) is 9.97 Å². The molecule has 0 spiro atoms. The summed E-state index contributed by atoms with van der Waals surface area (Å²) >= 11 is 0. The van der Waals surface area contributed by atoms with Crippen LogP contribution in [-0.4, -0.2) is 38.5 Å². The summed E-state index contributed by atoms with van der Waals surface area (Å²) < 4.78 is 6.91. The zero-order valence-electron chi connectivity index (χ0n) is 17.8. The molecule has 2 heterocycles. The first-order valence-electron chi connectivity index (χ1n) is 10.1. The molecule has 0 radical (unpaired) electrons. The molecule has 32 heavy (non-hydrogen) atoms. The predicted octanol–water partition coefficient (Wildman–Crippen LogP) is 3.60. The van der Waals surface area contributed by atoms with Crippen molar-refractivity contribution in [3.63, 3.8) is 0 Å². The standard InChI is InChI=1S/C22H22N6O4/c1-4-12(2)24-22(29)18-19-21(26-15-8-6-5-7-14(15)25-19)27(20(18)23)16-11-13(28(30)31)9-10-17(16)32-3/h5-12H,4,23H2,1-3H3,(H,24,29)/t12-/m1/s1. The summed E-state index contributed by atoms with van der Waals surface area (Å²) in [4.78, 5) is 33.4. The Hall–Kier alpha value is -4.21. The number of nitrogens with one attached hydrogen (secondary N) is 1. The third-order valence-electron chi connectivity index (χ3n) is 5.33. The number of carbonyl (C=O) groups excluding carboxylic acids is 1. The lowest BCUT2D eigenvalue weighted by molar-refractivity contribution is -0.384. The van der Waals surface area contributed by atoms with Crippen LogP contribution < -0.4 is 15.8 Å². The minimum Gasteiger partial charge on any atom is -0.495 e. The van der Waals surface area contributed by atoms with Gasteiger partial charge in [-0.2, -0.15) is 0 Å². The van der Waals surface area contributed by atoms with Crippen LogP contribution in [-0.2, 0) is 0 Å². The number of amides is 1. The zero-order valence-corrected chi connectivity index (χ0v) is 17.8. The number of ether oxygens (including phenoxy) is 1. The molecule has 0 fully saturated rings. The van der Waals surface area contributed by atoms with E-state index in [1.165, 1.54) is 29.9 Å². The molecule has 0 unspecified atom stereocenters. The Morgan fingerprint density at radius 3 is 2.56 bits per heavy atom. The number of nitrogens with zero attached hydrogens (tertiary/aromatic N) is 4. The third kappa shape index (κ3) is 3.45. The molecule has 0 bridgehead atoms. The average Bonchev–Trinajstić information content (AvgIpc) is 3.07. The van der Waals surface area contributed by atoms with Crippen LogP contribution in [0.1, 0.15) is 30.6 Å². The van der Waals surface area contributed by atoms with Crippen molar-refractivity contribution >= 4 is 39.6 Å². The number of benzene rings is 2. The van der Waals surface area contributed by atoms with Crippen molar-refractivity contribution in [1.82, 2.24) is 19.9 Å². The maximum Gasteiger partial charge on any atom is 0.271 e. The number of rotatable bonds is 6. The lowest BCUT2D eigenvalue weighted by atomic mass is 10.2. The Bertz CT molecular complexity index is 1360. The van der Waals surface area contributed by atoms with Crippen LogP contribution in [0.5, 0.6) is 5.75 Å². The van der Waals surface area contributed by atoms with E-state index in [1.807, 2.05) is 26.0 Å². The second-order valence-electron chi connectivity index (χ2n) is 7.38. The fourth-order valence-corrected chi connectivity index (χ4v) is 3.49. The Kier molecular flexibility index (Phi) is 5.35. The summed E-state index contributed by atoms with van der Waals surface area (Å²) in [5.74, 6) is 0.00697. The van der Waals surface area contributed by atoms with Gasteiger partial charge in [-0.05, 0) is 31.5 Å². The monoisotopic (exact) mass is 434 g/mol. The number of methoxy groups -OCH3 is 1. The fraction of sp³-hybridized carbons (Fsp3) is 0.227. The van der Waals surface area contributed by atoms with Crippen LogP contribution in [0.15, 0.2) is 42.5 Å². The van der Waals surface area contributed by atoms with Gasteiger partial charge in [0.1, 0.15) is 22.6 Å². The van der Waals surface area contributed by atoms with Gasteiger partial charge < -0.3 is 15.8 Å². The van der Waals surface area contributed by atoms with Crippen LogP contribution >= 0.6 is 0 Å². The van der Waals surface area contributed by atoms with Crippen molar-refractivity contribution in [3.05, 3.63) is 58.1 Å². The van der Waals surface area contributed by atoms with Crippen LogP contribution in [0.4, 0.5) is 11.5 Å². The first-order valence-corrected chi connectivity index (χ1v) is 10.1. The highest BCUT2D eigenvalue weighted by molar-refractivity contribution is 6.11. The molecule has 10 nitrogen and oxygen atoms in total. The summed E-state index contributed by atoms with van der Waals surface area (Å²) in [6, 6.07) is 11.3. The molecule has 0 aliphatic carbocycles. The molecule has 2 aromatic heterocycles. The number of fused-ring (bicyclic) bond motifs is 2. The molecule has 1 amide bonds. The number of aromatic nitrogens is 3.